The van der Waals surface area contributed by atoms with Gasteiger partial charge in [-0.1, -0.05) is 6.08 Å². The fourth-order valence-electron chi connectivity index (χ4n) is 1.80. The highest BCUT2D eigenvalue weighted by Crippen LogP contribution is 2.30. The van der Waals surface area contributed by atoms with E-state index < -0.39 is 0 Å². The van der Waals surface area contributed by atoms with Crippen molar-refractivity contribution in [2.75, 3.05) is 6.54 Å². The maximum absolute atomic E-state index is 13.2. The number of halogens is 2. The van der Waals surface area contributed by atoms with E-state index in [1.54, 1.807) is 6.07 Å². The molecule has 2 rings (SSSR count). The number of hydrogen-bond donors (Lipinski definition) is 1. The van der Waals surface area contributed by atoms with Gasteiger partial charge >= 0.3 is 0 Å². The Morgan fingerprint density at radius 1 is 1.43 bits per heavy atom. The third-order valence-corrected chi connectivity index (χ3v) is 3.12. The van der Waals surface area contributed by atoms with Gasteiger partial charge in [-0.3, -0.25) is 0 Å². The lowest BCUT2D eigenvalue weighted by molar-refractivity contribution is 0.618. The van der Waals surface area contributed by atoms with Gasteiger partial charge in [0.25, 0.3) is 0 Å². The van der Waals surface area contributed by atoms with Crippen LogP contribution in [0.3, 0.4) is 0 Å². The molecule has 0 amide bonds. The molecule has 1 nitrogen and oxygen atoms in total. The molecule has 1 aromatic rings. The highest BCUT2D eigenvalue weighted by Gasteiger charge is 2.14. The third-order valence-electron chi connectivity index (χ3n) is 2.52. The lowest BCUT2D eigenvalue weighted by atomic mass is 9.91. The molecule has 1 aliphatic rings. The molecular formula is C11H11BrFN. The van der Waals surface area contributed by atoms with Crippen LogP contribution in [0.2, 0.25) is 0 Å². The second kappa shape index (κ2) is 3.83. The normalized spacial score (nSPS) is 14.9. The van der Waals surface area contributed by atoms with Gasteiger partial charge in [-0.25, -0.2) is 4.39 Å². The predicted molar refractivity (Wildman–Crippen MR) is 59.5 cm³/mol. The Morgan fingerprint density at radius 2 is 2.21 bits per heavy atom. The van der Waals surface area contributed by atoms with Gasteiger partial charge in [-0.05, 0) is 57.6 Å². The van der Waals surface area contributed by atoms with Gasteiger partial charge in [0.05, 0.1) is 4.47 Å². The second-order valence-electron chi connectivity index (χ2n) is 3.40. The standard InChI is InChI=1S/C11H11BrFN/c12-10-5-9-7(4-11(10)13)2-1-3-8(9)6-14/h3-5H,1-2,6,14H2. The summed E-state index contributed by atoms with van der Waals surface area (Å²) in [6, 6.07) is 3.42. The molecule has 0 radical (unpaired) electrons. The van der Waals surface area contributed by atoms with Gasteiger partial charge in [-0.15, -0.1) is 0 Å². The van der Waals surface area contributed by atoms with Gasteiger partial charge in [0.15, 0.2) is 0 Å². The molecule has 0 aliphatic heterocycles. The van der Waals surface area contributed by atoms with E-state index in [0.29, 0.717) is 11.0 Å². The number of benzene rings is 1. The molecule has 0 saturated heterocycles. The maximum Gasteiger partial charge on any atom is 0.137 e. The molecule has 0 atom stereocenters. The fourth-order valence-corrected chi connectivity index (χ4v) is 2.14. The molecule has 0 fully saturated rings. The number of nitrogens with two attached hydrogens (primary N) is 1. The van der Waals surface area contributed by atoms with Crippen molar-refractivity contribution in [2.45, 2.75) is 12.8 Å². The van der Waals surface area contributed by atoms with E-state index in [0.717, 1.165) is 29.5 Å². The quantitative estimate of drug-likeness (QED) is 0.821. The summed E-state index contributed by atoms with van der Waals surface area (Å²) in [4.78, 5) is 0. The zero-order chi connectivity index (χ0) is 10.1. The topological polar surface area (TPSA) is 26.0 Å². The van der Waals surface area contributed by atoms with E-state index in [-0.39, 0.29) is 5.82 Å². The summed E-state index contributed by atoms with van der Waals surface area (Å²) in [6.07, 6.45) is 4.00. The molecule has 14 heavy (non-hydrogen) atoms. The predicted octanol–water partition coefficient (Wildman–Crippen LogP) is 2.88. The first kappa shape index (κ1) is 9.87. The molecule has 1 aliphatic carbocycles. The van der Waals surface area contributed by atoms with Crippen LogP contribution in [-0.4, -0.2) is 6.54 Å². The Balaban J connectivity index is 2.56. The number of hydrogen-bond acceptors (Lipinski definition) is 1. The summed E-state index contributed by atoms with van der Waals surface area (Å²) >= 11 is 3.19. The first-order valence-electron chi connectivity index (χ1n) is 4.59. The van der Waals surface area contributed by atoms with E-state index in [1.165, 1.54) is 0 Å². The average molecular weight is 256 g/mol. The van der Waals surface area contributed by atoms with Crippen LogP contribution >= 0.6 is 15.9 Å². The molecule has 1 aromatic carbocycles. The largest absolute Gasteiger partial charge is 0.326 e. The van der Waals surface area contributed by atoms with E-state index in [4.69, 9.17) is 5.73 Å². The zero-order valence-corrected chi connectivity index (χ0v) is 9.27. The smallest absolute Gasteiger partial charge is 0.137 e. The Hall–Kier alpha value is -0.670. The molecule has 0 bridgehead atoms. The molecule has 3 heteroatoms. The molecular weight excluding hydrogens is 245 g/mol. The van der Waals surface area contributed by atoms with Crippen molar-refractivity contribution < 1.29 is 4.39 Å². The van der Waals surface area contributed by atoms with Gasteiger partial charge in [0.1, 0.15) is 5.82 Å². The van der Waals surface area contributed by atoms with Crippen LogP contribution in [0.1, 0.15) is 17.5 Å². The van der Waals surface area contributed by atoms with Crippen molar-refractivity contribution in [1.82, 2.24) is 0 Å². The highest BCUT2D eigenvalue weighted by atomic mass is 79.9. The van der Waals surface area contributed by atoms with Gasteiger partial charge in [-0.2, -0.15) is 0 Å². The second-order valence-corrected chi connectivity index (χ2v) is 4.25. The van der Waals surface area contributed by atoms with Crippen LogP contribution in [-0.2, 0) is 6.42 Å². The van der Waals surface area contributed by atoms with E-state index >= 15 is 0 Å². The first-order valence-corrected chi connectivity index (χ1v) is 5.39. The van der Waals surface area contributed by atoms with Crippen molar-refractivity contribution in [3.8, 4) is 0 Å². The molecule has 74 valence electrons. The number of rotatable bonds is 1. The lowest BCUT2D eigenvalue weighted by Crippen LogP contribution is -2.09. The summed E-state index contributed by atoms with van der Waals surface area (Å²) < 4.78 is 13.8. The van der Waals surface area contributed by atoms with Crippen LogP contribution in [0, 0.1) is 5.82 Å². The number of fused-ring (bicyclic) bond motifs is 1. The number of aryl methyl sites for hydroxylation is 1. The minimum Gasteiger partial charge on any atom is -0.326 e. The fraction of sp³-hybridized carbons (Fsp3) is 0.273. The van der Waals surface area contributed by atoms with Crippen LogP contribution in [0.4, 0.5) is 4.39 Å². The van der Waals surface area contributed by atoms with Gasteiger partial charge < -0.3 is 5.73 Å². The lowest BCUT2D eigenvalue weighted by Gasteiger charge is -2.17. The van der Waals surface area contributed by atoms with Crippen molar-refractivity contribution in [2.24, 2.45) is 5.73 Å². The monoisotopic (exact) mass is 255 g/mol. The molecule has 0 heterocycles. The van der Waals surface area contributed by atoms with E-state index in [2.05, 4.69) is 22.0 Å². The summed E-state index contributed by atoms with van der Waals surface area (Å²) in [7, 11) is 0. The molecule has 0 unspecified atom stereocenters. The molecule has 0 aromatic heterocycles. The molecule has 2 N–H and O–H groups in total. The Kier molecular flexibility index (Phi) is 2.70. The maximum atomic E-state index is 13.2. The zero-order valence-electron chi connectivity index (χ0n) is 7.69. The summed E-state index contributed by atoms with van der Waals surface area (Å²) in [5, 5.41) is 0. The van der Waals surface area contributed by atoms with Crippen molar-refractivity contribution in [3.63, 3.8) is 0 Å². The molecule has 0 saturated carbocycles. The Labute approximate surface area is 90.9 Å². The minimum atomic E-state index is -0.193. The first-order chi connectivity index (χ1) is 6.72. The van der Waals surface area contributed by atoms with Gasteiger partial charge in [0.2, 0.25) is 0 Å². The van der Waals surface area contributed by atoms with Gasteiger partial charge in [0, 0.05) is 6.54 Å². The Bertz CT molecular complexity index is 399. The van der Waals surface area contributed by atoms with Crippen LogP contribution in [0.25, 0.3) is 5.57 Å². The SMILES string of the molecule is NCC1=CCCc2cc(F)c(Br)cc21. The minimum absolute atomic E-state index is 0.193. The summed E-state index contributed by atoms with van der Waals surface area (Å²) in [5.74, 6) is -0.193. The average Bonchev–Trinajstić information content (AvgIpc) is 2.19. The van der Waals surface area contributed by atoms with Crippen molar-refractivity contribution in [3.05, 3.63) is 39.6 Å². The Morgan fingerprint density at radius 3 is 2.93 bits per heavy atom. The highest BCUT2D eigenvalue weighted by molar-refractivity contribution is 9.10. The van der Waals surface area contributed by atoms with Crippen molar-refractivity contribution in [1.29, 1.82) is 0 Å². The summed E-state index contributed by atoms with van der Waals surface area (Å²) in [6.45, 7) is 0.519. The van der Waals surface area contributed by atoms with E-state index in [1.807, 2.05) is 6.07 Å². The van der Waals surface area contributed by atoms with Crippen LogP contribution in [0.5, 0.6) is 0 Å². The van der Waals surface area contributed by atoms with E-state index in [9.17, 15) is 4.39 Å². The summed E-state index contributed by atoms with van der Waals surface area (Å²) in [5.41, 5.74) is 8.90. The third kappa shape index (κ3) is 1.62. The van der Waals surface area contributed by atoms with Crippen LogP contribution < -0.4 is 5.73 Å². The van der Waals surface area contributed by atoms with Crippen molar-refractivity contribution >= 4 is 21.5 Å². The van der Waals surface area contributed by atoms with Crippen LogP contribution in [0.15, 0.2) is 22.7 Å². The molecule has 0 spiro atoms. The number of allylic oxidation sites excluding steroid dienone is 1.